The van der Waals surface area contributed by atoms with E-state index in [1.54, 1.807) is 9.80 Å². The monoisotopic (exact) mass is 248 g/mol. The van der Waals surface area contributed by atoms with Crippen molar-refractivity contribution in [2.45, 2.75) is 32.4 Å². The third kappa shape index (κ3) is 1.79. The molecular weight excluding hydrogens is 232 g/mol. The molecule has 2 amide bonds. The van der Waals surface area contributed by atoms with Crippen LogP contribution in [0.15, 0.2) is 16.5 Å². The van der Waals surface area contributed by atoms with E-state index in [1.807, 2.05) is 19.1 Å². The van der Waals surface area contributed by atoms with Gasteiger partial charge in [0, 0.05) is 6.54 Å². The summed E-state index contributed by atoms with van der Waals surface area (Å²) in [6.07, 6.45) is 1.72. The first kappa shape index (κ1) is 11.3. The van der Waals surface area contributed by atoms with Crippen LogP contribution in [0.3, 0.4) is 0 Å². The summed E-state index contributed by atoms with van der Waals surface area (Å²) in [6.45, 7) is 3.16. The molecule has 0 saturated carbocycles. The Balaban J connectivity index is 1.76. The Morgan fingerprint density at radius 3 is 2.94 bits per heavy atom. The van der Waals surface area contributed by atoms with Crippen LogP contribution in [-0.4, -0.2) is 40.7 Å². The number of fused-ring (bicyclic) bond motifs is 1. The predicted molar refractivity (Wildman–Crippen MR) is 63.6 cm³/mol. The van der Waals surface area contributed by atoms with E-state index in [-0.39, 0.29) is 24.4 Å². The molecule has 0 radical (unpaired) electrons. The van der Waals surface area contributed by atoms with Gasteiger partial charge in [0.2, 0.25) is 11.8 Å². The Kier molecular flexibility index (Phi) is 2.61. The van der Waals surface area contributed by atoms with Crippen LogP contribution in [0.2, 0.25) is 0 Å². The zero-order valence-corrected chi connectivity index (χ0v) is 10.4. The smallest absolute Gasteiger partial charge is 0.246 e. The minimum Gasteiger partial charge on any atom is -0.464 e. The first-order chi connectivity index (χ1) is 8.65. The Hall–Kier alpha value is -1.78. The van der Waals surface area contributed by atoms with Crippen molar-refractivity contribution in [3.05, 3.63) is 23.7 Å². The third-order valence-electron chi connectivity index (χ3n) is 3.64. The zero-order chi connectivity index (χ0) is 12.7. The number of carbonyl (C=O) groups is 2. The van der Waals surface area contributed by atoms with E-state index in [2.05, 4.69) is 0 Å². The highest BCUT2D eigenvalue weighted by molar-refractivity contribution is 5.95. The second-order valence-corrected chi connectivity index (χ2v) is 4.95. The number of carbonyl (C=O) groups excluding carboxylic acids is 2. The number of hydrogen-bond acceptors (Lipinski definition) is 3. The molecule has 18 heavy (non-hydrogen) atoms. The number of furan rings is 1. The van der Waals surface area contributed by atoms with E-state index in [0.29, 0.717) is 6.54 Å². The second-order valence-electron chi connectivity index (χ2n) is 4.95. The van der Waals surface area contributed by atoms with Crippen LogP contribution in [0.5, 0.6) is 0 Å². The molecule has 5 heteroatoms. The van der Waals surface area contributed by atoms with Crippen LogP contribution in [0.25, 0.3) is 0 Å². The number of aryl methyl sites for hydroxylation is 1. The van der Waals surface area contributed by atoms with Crippen molar-refractivity contribution >= 4 is 11.8 Å². The lowest BCUT2D eigenvalue weighted by Gasteiger charge is -2.35. The average Bonchev–Trinajstić information content (AvgIpc) is 2.95. The van der Waals surface area contributed by atoms with Crippen LogP contribution in [0.1, 0.15) is 24.4 Å². The average molecular weight is 248 g/mol. The van der Waals surface area contributed by atoms with Gasteiger partial charge >= 0.3 is 0 Å². The Morgan fingerprint density at radius 2 is 2.22 bits per heavy atom. The second kappa shape index (κ2) is 4.15. The van der Waals surface area contributed by atoms with E-state index in [0.717, 1.165) is 30.9 Å². The van der Waals surface area contributed by atoms with Crippen LogP contribution < -0.4 is 0 Å². The summed E-state index contributed by atoms with van der Waals surface area (Å²) in [4.78, 5) is 27.5. The first-order valence-corrected chi connectivity index (χ1v) is 6.29. The highest BCUT2D eigenvalue weighted by atomic mass is 16.3. The molecule has 96 valence electrons. The summed E-state index contributed by atoms with van der Waals surface area (Å²) in [5.41, 5.74) is 0. The van der Waals surface area contributed by atoms with Gasteiger partial charge in [0.25, 0.3) is 0 Å². The fraction of sp³-hybridized carbons (Fsp3) is 0.538. The maximum absolute atomic E-state index is 12.3. The van der Waals surface area contributed by atoms with Crippen molar-refractivity contribution < 1.29 is 14.0 Å². The molecule has 2 aliphatic rings. The molecular formula is C13H16N2O3. The van der Waals surface area contributed by atoms with Gasteiger partial charge in [-0.1, -0.05) is 0 Å². The van der Waals surface area contributed by atoms with Gasteiger partial charge in [-0.3, -0.25) is 9.59 Å². The standard InChI is InChI=1S/C13H16N2O3/c1-9-4-5-10(18-9)7-14-8-12(16)15-6-2-3-11(15)13(14)17/h4-5,11H,2-3,6-8H2,1H3. The van der Waals surface area contributed by atoms with Crippen molar-refractivity contribution in [1.82, 2.24) is 9.80 Å². The van der Waals surface area contributed by atoms with Crippen molar-refractivity contribution in [2.75, 3.05) is 13.1 Å². The van der Waals surface area contributed by atoms with Gasteiger partial charge in [-0.25, -0.2) is 0 Å². The van der Waals surface area contributed by atoms with E-state index in [9.17, 15) is 9.59 Å². The Labute approximate surface area is 105 Å². The van der Waals surface area contributed by atoms with E-state index in [4.69, 9.17) is 4.42 Å². The van der Waals surface area contributed by atoms with Crippen molar-refractivity contribution in [2.24, 2.45) is 0 Å². The normalized spacial score (nSPS) is 23.7. The van der Waals surface area contributed by atoms with Crippen LogP contribution >= 0.6 is 0 Å². The lowest BCUT2D eigenvalue weighted by molar-refractivity contribution is -0.154. The molecule has 0 bridgehead atoms. The molecule has 3 rings (SSSR count). The molecule has 0 aromatic carbocycles. The zero-order valence-electron chi connectivity index (χ0n) is 10.4. The molecule has 1 atom stereocenters. The van der Waals surface area contributed by atoms with Gasteiger partial charge in [0.05, 0.1) is 6.54 Å². The van der Waals surface area contributed by atoms with Crippen molar-refractivity contribution in [1.29, 1.82) is 0 Å². The predicted octanol–water partition coefficient (Wildman–Crippen LogP) is 0.921. The third-order valence-corrected chi connectivity index (χ3v) is 3.64. The fourth-order valence-electron chi connectivity index (χ4n) is 2.76. The van der Waals surface area contributed by atoms with Crippen molar-refractivity contribution in [3.63, 3.8) is 0 Å². The van der Waals surface area contributed by atoms with E-state index >= 15 is 0 Å². The summed E-state index contributed by atoms with van der Waals surface area (Å²) < 4.78 is 5.46. The molecule has 0 aliphatic carbocycles. The molecule has 0 spiro atoms. The minimum atomic E-state index is -0.234. The summed E-state index contributed by atoms with van der Waals surface area (Å²) in [7, 11) is 0. The number of amides is 2. The molecule has 5 nitrogen and oxygen atoms in total. The molecule has 1 aromatic rings. The van der Waals surface area contributed by atoms with Crippen molar-refractivity contribution in [3.8, 4) is 0 Å². The van der Waals surface area contributed by atoms with E-state index in [1.165, 1.54) is 0 Å². The number of rotatable bonds is 2. The molecule has 2 saturated heterocycles. The van der Waals surface area contributed by atoms with Crippen LogP contribution in [0.4, 0.5) is 0 Å². The van der Waals surface area contributed by atoms with Gasteiger partial charge in [-0.05, 0) is 31.9 Å². The Morgan fingerprint density at radius 1 is 1.39 bits per heavy atom. The fourth-order valence-corrected chi connectivity index (χ4v) is 2.76. The minimum absolute atomic E-state index is 0.0559. The molecule has 2 fully saturated rings. The summed E-state index contributed by atoms with van der Waals surface area (Å²) in [6, 6.07) is 3.49. The highest BCUT2D eigenvalue weighted by Gasteiger charge is 2.41. The van der Waals surface area contributed by atoms with Crippen LogP contribution in [-0.2, 0) is 16.1 Å². The molecule has 2 aliphatic heterocycles. The van der Waals surface area contributed by atoms with Gasteiger partial charge in [-0.2, -0.15) is 0 Å². The maximum Gasteiger partial charge on any atom is 0.246 e. The summed E-state index contributed by atoms with van der Waals surface area (Å²) in [5.74, 6) is 1.67. The molecule has 1 unspecified atom stereocenters. The summed E-state index contributed by atoms with van der Waals surface area (Å²) in [5, 5.41) is 0. The lowest BCUT2D eigenvalue weighted by atomic mass is 10.1. The lowest BCUT2D eigenvalue weighted by Crippen LogP contribution is -2.56. The highest BCUT2D eigenvalue weighted by Crippen LogP contribution is 2.24. The molecule has 1 aromatic heterocycles. The number of hydrogen-bond donors (Lipinski definition) is 0. The summed E-state index contributed by atoms with van der Waals surface area (Å²) >= 11 is 0. The van der Waals surface area contributed by atoms with Gasteiger partial charge in [0.1, 0.15) is 24.1 Å². The van der Waals surface area contributed by atoms with Gasteiger partial charge in [0.15, 0.2) is 0 Å². The topological polar surface area (TPSA) is 53.8 Å². The SMILES string of the molecule is Cc1ccc(CN2CC(=O)N3CCCC3C2=O)o1. The quantitative estimate of drug-likeness (QED) is 0.782. The van der Waals surface area contributed by atoms with Gasteiger partial charge in [-0.15, -0.1) is 0 Å². The number of nitrogens with zero attached hydrogens (tertiary/aromatic N) is 2. The number of piperazine rings is 1. The van der Waals surface area contributed by atoms with Gasteiger partial charge < -0.3 is 14.2 Å². The van der Waals surface area contributed by atoms with Crippen LogP contribution in [0, 0.1) is 6.92 Å². The maximum atomic E-state index is 12.3. The first-order valence-electron chi connectivity index (χ1n) is 6.29. The largest absolute Gasteiger partial charge is 0.464 e. The molecule has 0 N–H and O–H groups in total. The Bertz CT molecular complexity index is 494. The van der Waals surface area contributed by atoms with E-state index < -0.39 is 0 Å². The molecule has 3 heterocycles.